The Morgan fingerprint density at radius 1 is 1.19 bits per heavy atom. The molecule has 2 aromatic rings. The average molecular weight is 401 g/mol. The number of halogens is 2. The Morgan fingerprint density at radius 2 is 1.96 bits per heavy atom. The van der Waals surface area contributed by atoms with Crippen LogP contribution in [0.2, 0.25) is 5.15 Å². The van der Waals surface area contributed by atoms with Gasteiger partial charge >= 0.3 is 0 Å². The fraction of sp³-hybridized carbons (Fsp3) is 0.562. The maximum Gasteiger partial charge on any atom is 0.249 e. The molecule has 7 nitrogen and oxygen atoms in total. The normalized spacial score (nSPS) is 19.0. The number of sulfone groups is 1. The van der Waals surface area contributed by atoms with Crippen LogP contribution >= 0.6 is 11.6 Å². The van der Waals surface area contributed by atoms with Crippen molar-refractivity contribution in [3.63, 3.8) is 0 Å². The number of aromatic nitrogens is 3. The Morgan fingerprint density at radius 3 is 2.65 bits per heavy atom. The van der Waals surface area contributed by atoms with Crippen LogP contribution in [0.15, 0.2) is 5.16 Å². The van der Waals surface area contributed by atoms with Crippen molar-refractivity contribution in [2.75, 3.05) is 37.5 Å². The quantitative estimate of drug-likeness (QED) is 0.577. The molecule has 1 saturated carbocycles. The zero-order valence-electron chi connectivity index (χ0n) is 14.2. The van der Waals surface area contributed by atoms with Gasteiger partial charge in [-0.2, -0.15) is 0 Å². The van der Waals surface area contributed by atoms with Gasteiger partial charge in [-0.05, 0) is 19.3 Å². The molecule has 0 radical (unpaired) electrons. The lowest BCUT2D eigenvalue weighted by atomic mass is 10.1. The van der Waals surface area contributed by atoms with Crippen molar-refractivity contribution in [1.29, 1.82) is 0 Å². The van der Waals surface area contributed by atoms with Crippen LogP contribution in [0.1, 0.15) is 30.9 Å². The van der Waals surface area contributed by atoms with Gasteiger partial charge in [0, 0.05) is 31.9 Å². The van der Waals surface area contributed by atoms with Gasteiger partial charge in [0.2, 0.25) is 15.0 Å². The smallest absolute Gasteiger partial charge is 0.249 e. The minimum atomic E-state index is -3.72. The summed E-state index contributed by atoms with van der Waals surface area (Å²) in [5.74, 6) is -0.248. The number of hydrogen-bond donors (Lipinski definition) is 0. The van der Waals surface area contributed by atoms with Crippen molar-refractivity contribution in [1.82, 2.24) is 15.0 Å². The summed E-state index contributed by atoms with van der Waals surface area (Å²) in [6, 6.07) is 0. The van der Waals surface area contributed by atoms with Gasteiger partial charge in [0.05, 0.1) is 17.7 Å². The van der Waals surface area contributed by atoms with E-state index in [0.29, 0.717) is 43.2 Å². The predicted octanol–water partition coefficient (Wildman–Crippen LogP) is 2.32. The van der Waals surface area contributed by atoms with E-state index in [4.69, 9.17) is 16.3 Å². The number of anilines is 1. The van der Waals surface area contributed by atoms with Gasteiger partial charge in [-0.1, -0.05) is 11.6 Å². The zero-order chi connectivity index (χ0) is 18.5. The summed E-state index contributed by atoms with van der Waals surface area (Å²) < 4.78 is 44.3. The first-order chi connectivity index (χ1) is 12.4. The van der Waals surface area contributed by atoms with E-state index < -0.39 is 20.8 Å². The maximum absolute atomic E-state index is 14.7. The maximum atomic E-state index is 14.7. The van der Waals surface area contributed by atoms with E-state index in [1.165, 1.54) is 0 Å². The molecule has 0 unspecified atom stereocenters. The number of hydrogen-bond acceptors (Lipinski definition) is 7. The molecule has 0 spiro atoms. The standard InChI is InChI=1S/C16H18ClFN4O3S/c1-26(23,24)16-20-13-10(12(9-3-4-9)19-14(17)11(13)18)15(21-16)22-5-2-7-25-8-6-22/h9H,2-8H2,1H3. The van der Waals surface area contributed by atoms with Crippen LogP contribution in [-0.4, -0.2) is 55.9 Å². The van der Waals surface area contributed by atoms with Crippen LogP contribution in [0, 0.1) is 5.82 Å². The van der Waals surface area contributed by atoms with Crippen LogP contribution in [0.4, 0.5) is 10.2 Å². The third-order valence-electron chi connectivity index (χ3n) is 4.55. The summed E-state index contributed by atoms with van der Waals surface area (Å²) in [6.07, 6.45) is 3.63. The van der Waals surface area contributed by atoms with Crippen LogP contribution < -0.4 is 4.90 Å². The molecule has 2 fully saturated rings. The molecule has 0 bridgehead atoms. The summed E-state index contributed by atoms with van der Waals surface area (Å²) in [7, 11) is -3.72. The minimum absolute atomic E-state index is 0.0810. The molecule has 1 aliphatic carbocycles. The summed E-state index contributed by atoms with van der Waals surface area (Å²) in [4.78, 5) is 14.5. The molecule has 2 aliphatic rings. The molecule has 10 heteroatoms. The van der Waals surface area contributed by atoms with Crippen molar-refractivity contribution in [2.45, 2.75) is 30.3 Å². The second-order valence-electron chi connectivity index (χ2n) is 6.65. The first kappa shape index (κ1) is 17.8. The van der Waals surface area contributed by atoms with Crippen molar-refractivity contribution >= 4 is 38.2 Å². The molecular weight excluding hydrogens is 383 g/mol. The lowest BCUT2D eigenvalue weighted by molar-refractivity contribution is 0.152. The predicted molar refractivity (Wildman–Crippen MR) is 95.0 cm³/mol. The lowest BCUT2D eigenvalue weighted by Crippen LogP contribution is -2.28. The fourth-order valence-corrected chi connectivity index (χ4v) is 3.83. The highest BCUT2D eigenvalue weighted by Gasteiger charge is 2.33. The topological polar surface area (TPSA) is 85.3 Å². The summed E-state index contributed by atoms with van der Waals surface area (Å²) in [5.41, 5.74) is 0.564. The lowest BCUT2D eigenvalue weighted by Gasteiger charge is -2.24. The van der Waals surface area contributed by atoms with E-state index >= 15 is 0 Å². The van der Waals surface area contributed by atoms with E-state index in [2.05, 4.69) is 15.0 Å². The summed E-state index contributed by atoms with van der Waals surface area (Å²) >= 11 is 5.97. The number of nitrogens with zero attached hydrogens (tertiary/aromatic N) is 4. The third kappa shape index (κ3) is 3.23. The minimum Gasteiger partial charge on any atom is -0.380 e. The molecule has 0 aromatic carbocycles. The monoisotopic (exact) mass is 400 g/mol. The molecule has 1 saturated heterocycles. The molecule has 1 aliphatic heterocycles. The van der Waals surface area contributed by atoms with Crippen LogP contribution in [-0.2, 0) is 14.6 Å². The second kappa shape index (κ2) is 6.54. The SMILES string of the molecule is CS(=O)(=O)c1nc(N2CCCOCC2)c2c(C3CC3)nc(Cl)c(F)c2n1. The molecule has 140 valence electrons. The van der Waals surface area contributed by atoms with Crippen LogP contribution in [0.5, 0.6) is 0 Å². The molecule has 26 heavy (non-hydrogen) atoms. The van der Waals surface area contributed by atoms with Gasteiger partial charge in [-0.15, -0.1) is 0 Å². The van der Waals surface area contributed by atoms with Gasteiger partial charge in [0.1, 0.15) is 11.3 Å². The third-order valence-corrected chi connectivity index (χ3v) is 5.65. The molecule has 0 N–H and O–H groups in total. The van der Waals surface area contributed by atoms with Crippen molar-refractivity contribution in [2.24, 2.45) is 0 Å². The van der Waals surface area contributed by atoms with Gasteiger partial charge in [0.15, 0.2) is 11.0 Å². The van der Waals surface area contributed by atoms with Crippen molar-refractivity contribution in [3.8, 4) is 0 Å². The molecule has 2 aromatic heterocycles. The Balaban J connectivity index is 2.04. The van der Waals surface area contributed by atoms with E-state index in [9.17, 15) is 12.8 Å². The number of pyridine rings is 1. The average Bonchev–Trinajstić information content (AvgIpc) is 3.43. The summed E-state index contributed by atoms with van der Waals surface area (Å²) in [5, 5.41) is -0.237. The van der Waals surface area contributed by atoms with Crippen LogP contribution in [0.3, 0.4) is 0 Å². The van der Waals surface area contributed by atoms with E-state index in [1.54, 1.807) is 0 Å². The van der Waals surface area contributed by atoms with Crippen molar-refractivity contribution in [3.05, 3.63) is 16.7 Å². The number of rotatable bonds is 3. The molecule has 0 atom stereocenters. The number of fused-ring (bicyclic) bond motifs is 1. The molecule has 3 heterocycles. The summed E-state index contributed by atoms with van der Waals surface area (Å²) in [6.45, 7) is 2.27. The Bertz CT molecular complexity index is 973. The molecular formula is C16H18ClFN4O3S. The Hall–Kier alpha value is -1.58. The zero-order valence-corrected chi connectivity index (χ0v) is 15.8. The van der Waals surface area contributed by atoms with E-state index in [-0.39, 0.29) is 16.6 Å². The molecule has 0 amide bonds. The highest BCUT2D eigenvalue weighted by molar-refractivity contribution is 7.90. The van der Waals surface area contributed by atoms with Gasteiger partial charge in [-0.25, -0.2) is 27.8 Å². The highest BCUT2D eigenvalue weighted by Crippen LogP contribution is 2.45. The highest BCUT2D eigenvalue weighted by atomic mass is 35.5. The Kier molecular flexibility index (Phi) is 4.48. The van der Waals surface area contributed by atoms with Crippen LogP contribution in [0.25, 0.3) is 10.9 Å². The first-order valence-corrected chi connectivity index (χ1v) is 10.7. The van der Waals surface area contributed by atoms with Gasteiger partial charge in [0.25, 0.3) is 0 Å². The fourth-order valence-electron chi connectivity index (χ4n) is 3.14. The Labute approximate surface area is 155 Å². The number of ether oxygens (including phenoxy) is 1. The second-order valence-corrected chi connectivity index (χ2v) is 8.92. The van der Waals surface area contributed by atoms with Gasteiger partial charge in [-0.3, -0.25) is 0 Å². The van der Waals surface area contributed by atoms with Crippen molar-refractivity contribution < 1.29 is 17.5 Å². The van der Waals surface area contributed by atoms with E-state index in [1.807, 2.05) is 4.90 Å². The van der Waals surface area contributed by atoms with Gasteiger partial charge < -0.3 is 9.64 Å². The van der Waals surface area contributed by atoms with E-state index in [0.717, 1.165) is 25.5 Å². The largest absolute Gasteiger partial charge is 0.380 e. The first-order valence-electron chi connectivity index (χ1n) is 8.45. The molecule has 4 rings (SSSR count).